The fourth-order valence-corrected chi connectivity index (χ4v) is 3.58. The summed E-state index contributed by atoms with van der Waals surface area (Å²) in [5, 5.41) is 5.54. The van der Waals surface area contributed by atoms with Gasteiger partial charge < -0.3 is 20.1 Å². The van der Waals surface area contributed by atoms with Gasteiger partial charge in [-0.3, -0.25) is 0 Å². The predicted molar refractivity (Wildman–Crippen MR) is 115 cm³/mol. The Labute approximate surface area is 177 Å². The topological polar surface area (TPSA) is 76.7 Å². The largest absolute Gasteiger partial charge is 0.489 e. The third-order valence-corrected chi connectivity index (χ3v) is 5.22. The first kappa shape index (κ1) is 21.4. The van der Waals surface area contributed by atoms with Gasteiger partial charge in [0.15, 0.2) is 0 Å². The molecule has 0 bridgehead atoms. The molecule has 0 saturated heterocycles. The second-order valence-corrected chi connectivity index (χ2v) is 7.53. The number of nitrogens with one attached hydrogen (secondary N) is 2. The molecular formula is C24H28N2O4. The number of urea groups is 1. The standard InChI is InChI=1S/C24H28N2O4/c1-6-29-23(27)21-17(5)25-24(28)26-22(21)20-12-18(15(3)11-16(20)4)13-30-19-9-7-14(2)8-10-19/h7-12,22H,6,13H2,1-5H3,(H2,25,26,28). The SMILES string of the molecule is CCOC(=O)C1=C(C)NC(=O)NC1c1cc(COc2ccc(C)cc2)c(C)cc1C. The Hall–Kier alpha value is -3.28. The van der Waals surface area contributed by atoms with Crippen molar-refractivity contribution in [2.75, 3.05) is 6.61 Å². The molecule has 0 spiro atoms. The second-order valence-electron chi connectivity index (χ2n) is 7.53. The second kappa shape index (κ2) is 9.03. The number of carbonyl (C=O) groups excluding carboxylic acids is 2. The van der Waals surface area contributed by atoms with Crippen molar-refractivity contribution in [2.45, 2.75) is 47.3 Å². The summed E-state index contributed by atoms with van der Waals surface area (Å²) in [5.74, 6) is 0.352. The molecule has 3 rings (SSSR count). The van der Waals surface area contributed by atoms with Crippen molar-refractivity contribution in [3.05, 3.63) is 75.5 Å². The van der Waals surface area contributed by atoms with Crippen LogP contribution in [0, 0.1) is 20.8 Å². The Morgan fingerprint density at radius 1 is 1.03 bits per heavy atom. The first-order valence-electron chi connectivity index (χ1n) is 10.0. The highest BCUT2D eigenvalue weighted by Gasteiger charge is 2.33. The van der Waals surface area contributed by atoms with E-state index in [9.17, 15) is 9.59 Å². The number of carbonyl (C=O) groups is 2. The minimum absolute atomic E-state index is 0.263. The average molecular weight is 408 g/mol. The van der Waals surface area contributed by atoms with Crippen molar-refractivity contribution >= 4 is 12.0 Å². The molecule has 0 saturated carbocycles. The molecule has 0 aromatic heterocycles. The summed E-state index contributed by atoms with van der Waals surface area (Å²) in [6, 6.07) is 11.0. The fraction of sp³-hybridized carbons (Fsp3) is 0.333. The van der Waals surface area contributed by atoms with E-state index in [0.717, 1.165) is 28.0 Å². The molecule has 1 aliphatic rings. The van der Waals surface area contributed by atoms with E-state index in [-0.39, 0.29) is 12.6 Å². The number of ether oxygens (including phenoxy) is 2. The van der Waals surface area contributed by atoms with Gasteiger partial charge in [0.05, 0.1) is 18.2 Å². The van der Waals surface area contributed by atoms with E-state index in [2.05, 4.69) is 16.7 Å². The smallest absolute Gasteiger partial charge is 0.338 e. The zero-order chi connectivity index (χ0) is 21.8. The van der Waals surface area contributed by atoms with E-state index in [1.807, 2.05) is 51.1 Å². The molecule has 0 aliphatic carbocycles. The summed E-state index contributed by atoms with van der Waals surface area (Å²) in [4.78, 5) is 24.8. The van der Waals surface area contributed by atoms with Gasteiger partial charge in [-0.05, 0) is 75.1 Å². The van der Waals surface area contributed by atoms with E-state index < -0.39 is 12.0 Å². The maximum atomic E-state index is 12.6. The zero-order valence-electron chi connectivity index (χ0n) is 18.1. The van der Waals surface area contributed by atoms with Crippen LogP contribution < -0.4 is 15.4 Å². The van der Waals surface area contributed by atoms with Crippen molar-refractivity contribution < 1.29 is 19.1 Å². The van der Waals surface area contributed by atoms with Crippen LogP contribution in [0.15, 0.2) is 47.7 Å². The summed E-state index contributed by atoms with van der Waals surface area (Å²) in [5.41, 5.74) is 5.99. The molecule has 1 atom stereocenters. The van der Waals surface area contributed by atoms with Gasteiger partial charge in [0, 0.05) is 5.70 Å². The molecular weight excluding hydrogens is 380 g/mol. The molecule has 2 N–H and O–H groups in total. The minimum atomic E-state index is -0.587. The van der Waals surface area contributed by atoms with Crippen LogP contribution in [-0.2, 0) is 16.1 Å². The van der Waals surface area contributed by atoms with Crippen molar-refractivity contribution in [2.24, 2.45) is 0 Å². The number of allylic oxidation sites excluding steroid dienone is 1. The molecule has 2 aromatic carbocycles. The maximum absolute atomic E-state index is 12.6. The van der Waals surface area contributed by atoms with Gasteiger partial charge in [-0.1, -0.05) is 23.8 Å². The van der Waals surface area contributed by atoms with Gasteiger partial charge in [0.1, 0.15) is 12.4 Å². The van der Waals surface area contributed by atoms with Crippen LogP contribution in [-0.4, -0.2) is 18.6 Å². The van der Waals surface area contributed by atoms with Gasteiger partial charge in [-0.2, -0.15) is 0 Å². The third-order valence-electron chi connectivity index (χ3n) is 5.22. The van der Waals surface area contributed by atoms with Crippen molar-refractivity contribution in [3.63, 3.8) is 0 Å². The van der Waals surface area contributed by atoms with Crippen LogP contribution in [0.2, 0.25) is 0 Å². The Morgan fingerprint density at radius 3 is 2.40 bits per heavy atom. The van der Waals surface area contributed by atoms with Crippen LogP contribution in [0.4, 0.5) is 4.79 Å². The first-order valence-corrected chi connectivity index (χ1v) is 10.0. The molecule has 158 valence electrons. The highest BCUT2D eigenvalue weighted by molar-refractivity contribution is 5.95. The predicted octanol–water partition coefficient (Wildman–Crippen LogP) is 4.38. The molecule has 30 heavy (non-hydrogen) atoms. The third kappa shape index (κ3) is 4.64. The molecule has 0 radical (unpaired) electrons. The molecule has 6 nitrogen and oxygen atoms in total. The van der Waals surface area contributed by atoms with Gasteiger partial charge >= 0.3 is 12.0 Å². The number of aryl methyl sites for hydroxylation is 3. The zero-order valence-corrected chi connectivity index (χ0v) is 18.1. The van der Waals surface area contributed by atoms with E-state index >= 15 is 0 Å². The van der Waals surface area contributed by atoms with Crippen LogP contribution in [0.3, 0.4) is 0 Å². The Balaban J connectivity index is 1.94. The van der Waals surface area contributed by atoms with Crippen LogP contribution >= 0.6 is 0 Å². The van der Waals surface area contributed by atoms with Crippen molar-refractivity contribution in [1.82, 2.24) is 10.6 Å². The number of hydrogen-bond acceptors (Lipinski definition) is 4. The van der Waals surface area contributed by atoms with E-state index in [1.165, 1.54) is 5.56 Å². The molecule has 1 heterocycles. The van der Waals surface area contributed by atoms with Gasteiger partial charge in [0.2, 0.25) is 0 Å². The molecule has 2 amide bonds. The average Bonchev–Trinajstić information content (AvgIpc) is 2.68. The number of benzene rings is 2. The highest BCUT2D eigenvalue weighted by Crippen LogP contribution is 2.32. The summed E-state index contributed by atoms with van der Waals surface area (Å²) < 4.78 is 11.2. The molecule has 6 heteroatoms. The summed E-state index contributed by atoms with van der Waals surface area (Å²) in [6.07, 6.45) is 0. The van der Waals surface area contributed by atoms with Crippen LogP contribution in [0.25, 0.3) is 0 Å². The molecule has 2 aromatic rings. The van der Waals surface area contributed by atoms with Crippen LogP contribution in [0.5, 0.6) is 5.75 Å². The first-order chi connectivity index (χ1) is 14.3. The van der Waals surface area contributed by atoms with E-state index in [1.54, 1.807) is 13.8 Å². The summed E-state index contributed by atoms with van der Waals surface area (Å²) in [7, 11) is 0. The number of amides is 2. The van der Waals surface area contributed by atoms with Crippen LogP contribution in [0.1, 0.15) is 47.7 Å². The highest BCUT2D eigenvalue weighted by atomic mass is 16.5. The Kier molecular flexibility index (Phi) is 6.45. The molecule has 1 aliphatic heterocycles. The van der Waals surface area contributed by atoms with Gasteiger partial charge in [-0.25, -0.2) is 9.59 Å². The summed E-state index contributed by atoms with van der Waals surface area (Å²) >= 11 is 0. The molecule has 1 unspecified atom stereocenters. The quantitative estimate of drug-likeness (QED) is 0.696. The van der Waals surface area contributed by atoms with E-state index in [0.29, 0.717) is 17.9 Å². The molecule has 0 fully saturated rings. The number of hydrogen-bond donors (Lipinski definition) is 2. The van der Waals surface area contributed by atoms with Crippen molar-refractivity contribution in [3.8, 4) is 5.75 Å². The van der Waals surface area contributed by atoms with Gasteiger partial charge in [0.25, 0.3) is 0 Å². The Bertz CT molecular complexity index is 993. The number of esters is 1. The lowest BCUT2D eigenvalue weighted by atomic mass is 9.89. The lowest BCUT2D eigenvalue weighted by molar-refractivity contribution is -0.139. The number of rotatable bonds is 6. The lowest BCUT2D eigenvalue weighted by Gasteiger charge is -2.29. The monoisotopic (exact) mass is 408 g/mol. The summed E-state index contributed by atoms with van der Waals surface area (Å²) in [6.45, 7) is 10.2. The maximum Gasteiger partial charge on any atom is 0.338 e. The van der Waals surface area contributed by atoms with Gasteiger partial charge in [-0.15, -0.1) is 0 Å². The normalized spacial score (nSPS) is 16.0. The lowest BCUT2D eigenvalue weighted by Crippen LogP contribution is -2.45. The fourth-order valence-electron chi connectivity index (χ4n) is 3.58. The van der Waals surface area contributed by atoms with Crippen molar-refractivity contribution in [1.29, 1.82) is 0 Å². The Morgan fingerprint density at radius 2 is 1.73 bits per heavy atom. The van der Waals surface area contributed by atoms with E-state index in [4.69, 9.17) is 9.47 Å². The minimum Gasteiger partial charge on any atom is -0.489 e.